The molecule has 1 aromatic rings. The lowest BCUT2D eigenvalue weighted by atomic mass is 10.0. The standard InChI is InChI=1S/C18H28N2O3S/c1-4-20(5-2)24(22,23)17-12-10-15(11-13-17)14(3)19-18(21)16-8-6-7-9-16/h10-14,16H,4-9H2,1-3H3,(H,19,21). The Balaban J connectivity index is 2.07. The Morgan fingerprint density at radius 1 is 1.17 bits per heavy atom. The molecular weight excluding hydrogens is 324 g/mol. The molecule has 1 unspecified atom stereocenters. The lowest BCUT2D eigenvalue weighted by Gasteiger charge is -2.20. The number of nitrogens with one attached hydrogen (secondary N) is 1. The number of hydrogen-bond acceptors (Lipinski definition) is 3. The van der Waals surface area contributed by atoms with E-state index < -0.39 is 10.0 Å². The predicted molar refractivity (Wildman–Crippen MR) is 95.1 cm³/mol. The van der Waals surface area contributed by atoms with E-state index >= 15 is 0 Å². The molecule has 0 heterocycles. The van der Waals surface area contributed by atoms with E-state index in [9.17, 15) is 13.2 Å². The number of nitrogens with zero attached hydrogens (tertiary/aromatic N) is 1. The zero-order valence-electron chi connectivity index (χ0n) is 14.8. The largest absolute Gasteiger partial charge is 0.349 e. The van der Waals surface area contributed by atoms with Crippen molar-refractivity contribution in [1.82, 2.24) is 9.62 Å². The Morgan fingerprint density at radius 2 is 1.71 bits per heavy atom. The molecule has 134 valence electrons. The highest BCUT2D eigenvalue weighted by Gasteiger charge is 2.25. The molecule has 5 nitrogen and oxygen atoms in total. The molecule has 0 aromatic heterocycles. The summed E-state index contributed by atoms with van der Waals surface area (Å²) in [5, 5.41) is 3.04. The van der Waals surface area contributed by atoms with Gasteiger partial charge < -0.3 is 5.32 Å². The molecule has 1 saturated carbocycles. The molecule has 0 spiro atoms. The first-order valence-electron chi connectivity index (χ1n) is 8.80. The van der Waals surface area contributed by atoms with Gasteiger partial charge in [-0.15, -0.1) is 0 Å². The van der Waals surface area contributed by atoms with Gasteiger partial charge in [0.15, 0.2) is 0 Å². The summed E-state index contributed by atoms with van der Waals surface area (Å²) in [5.41, 5.74) is 0.917. The monoisotopic (exact) mass is 352 g/mol. The Morgan fingerprint density at radius 3 is 2.21 bits per heavy atom. The molecule has 1 fully saturated rings. The minimum absolute atomic E-state index is 0.111. The van der Waals surface area contributed by atoms with Gasteiger partial charge in [-0.3, -0.25) is 4.79 Å². The Bertz CT molecular complexity index is 645. The summed E-state index contributed by atoms with van der Waals surface area (Å²) < 4.78 is 26.4. The van der Waals surface area contributed by atoms with Crippen LogP contribution in [0.1, 0.15) is 58.1 Å². The van der Waals surface area contributed by atoms with E-state index in [2.05, 4.69) is 5.32 Å². The van der Waals surface area contributed by atoms with Crippen LogP contribution in [-0.4, -0.2) is 31.7 Å². The van der Waals surface area contributed by atoms with Crippen molar-refractivity contribution in [2.75, 3.05) is 13.1 Å². The SMILES string of the molecule is CCN(CC)S(=O)(=O)c1ccc(C(C)NC(=O)C2CCCC2)cc1. The van der Waals surface area contributed by atoms with Crippen LogP contribution in [0.25, 0.3) is 0 Å². The van der Waals surface area contributed by atoms with E-state index in [4.69, 9.17) is 0 Å². The molecule has 6 heteroatoms. The lowest BCUT2D eigenvalue weighted by molar-refractivity contribution is -0.125. The molecule has 1 atom stereocenters. The summed E-state index contributed by atoms with van der Waals surface area (Å²) in [4.78, 5) is 12.5. The minimum atomic E-state index is -3.43. The molecule has 1 aliphatic rings. The first-order chi connectivity index (χ1) is 11.4. The fourth-order valence-corrected chi connectivity index (χ4v) is 4.70. The number of amides is 1. The van der Waals surface area contributed by atoms with E-state index in [-0.39, 0.29) is 17.9 Å². The van der Waals surface area contributed by atoms with Crippen LogP contribution in [0.3, 0.4) is 0 Å². The van der Waals surface area contributed by atoms with Crippen LogP contribution in [0.2, 0.25) is 0 Å². The van der Waals surface area contributed by atoms with Crippen LogP contribution >= 0.6 is 0 Å². The van der Waals surface area contributed by atoms with Gasteiger partial charge in [0, 0.05) is 19.0 Å². The normalized spacial score (nSPS) is 17.2. The lowest BCUT2D eigenvalue weighted by Crippen LogP contribution is -2.32. The quantitative estimate of drug-likeness (QED) is 0.820. The van der Waals surface area contributed by atoms with E-state index in [0.29, 0.717) is 18.0 Å². The number of hydrogen-bond donors (Lipinski definition) is 1. The van der Waals surface area contributed by atoms with Crippen LogP contribution in [-0.2, 0) is 14.8 Å². The molecule has 2 rings (SSSR count). The fraction of sp³-hybridized carbons (Fsp3) is 0.611. The van der Waals surface area contributed by atoms with Gasteiger partial charge in [0.2, 0.25) is 15.9 Å². The van der Waals surface area contributed by atoms with Gasteiger partial charge in [-0.1, -0.05) is 38.8 Å². The number of benzene rings is 1. The summed E-state index contributed by atoms with van der Waals surface area (Å²) in [6, 6.07) is 6.71. The number of rotatable bonds is 7. The topological polar surface area (TPSA) is 66.5 Å². The Hall–Kier alpha value is -1.40. The van der Waals surface area contributed by atoms with Gasteiger partial charge in [-0.05, 0) is 37.5 Å². The second-order valence-electron chi connectivity index (χ2n) is 6.37. The second-order valence-corrected chi connectivity index (χ2v) is 8.31. The Labute approximate surface area is 145 Å². The molecule has 0 radical (unpaired) electrons. The molecule has 1 amide bonds. The summed E-state index contributed by atoms with van der Waals surface area (Å²) in [6.07, 6.45) is 4.20. The van der Waals surface area contributed by atoms with E-state index in [0.717, 1.165) is 31.2 Å². The molecule has 1 N–H and O–H groups in total. The van der Waals surface area contributed by atoms with Gasteiger partial charge in [-0.25, -0.2) is 8.42 Å². The third-order valence-electron chi connectivity index (χ3n) is 4.81. The average molecular weight is 353 g/mol. The van der Waals surface area contributed by atoms with Crippen LogP contribution in [0.4, 0.5) is 0 Å². The highest BCUT2D eigenvalue weighted by atomic mass is 32.2. The fourth-order valence-electron chi connectivity index (χ4n) is 3.24. The first-order valence-corrected chi connectivity index (χ1v) is 10.2. The highest BCUT2D eigenvalue weighted by molar-refractivity contribution is 7.89. The zero-order valence-corrected chi connectivity index (χ0v) is 15.6. The number of carbonyl (C=O) groups is 1. The van der Waals surface area contributed by atoms with Crippen molar-refractivity contribution in [3.63, 3.8) is 0 Å². The summed E-state index contributed by atoms with van der Waals surface area (Å²) in [7, 11) is -3.43. The van der Waals surface area contributed by atoms with Gasteiger partial charge >= 0.3 is 0 Å². The van der Waals surface area contributed by atoms with Gasteiger partial charge in [0.1, 0.15) is 0 Å². The van der Waals surface area contributed by atoms with Crippen molar-refractivity contribution in [3.05, 3.63) is 29.8 Å². The smallest absolute Gasteiger partial charge is 0.243 e. The number of carbonyl (C=O) groups excluding carboxylic acids is 1. The first kappa shape index (κ1) is 18.9. The maximum Gasteiger partial charge on any atom is 0.243 e. The molecular formula is C18H28N2O3S. The third-order valence-corrected chi connectivity index (χ3v) is 6.87. The van der Waals surface area contributed by atoms with Gasteiger partial charge in [0.25, 0.3) is 0 Å². The van der Waals surface area contributed by atoms with Crippen LogP contribution in [0.5, 0.6) is 0 Å². The highest BCUT2D eigenvalue weighted by Crippen LogP contribution is 2.26. The number of sulfonamides is 1. The van der Waals surface area contributed by atoms with E-state index in [1.807, 2.05) is 20.8 Å². The van der Waals surface area contributed by atoms with Crippen molar-refractivity contribution >= 4 is 15.9 Å². The van der Waals surface area contributed by atoms with Crippen molar-refractivity contribution in [1.29, 1.82) is 0 Å². The van der Waals surface area contributed by atoms with Gasteiger partial charge in [0.05, 0.1) is 10.9 Å². The van der Waals surface area contributed by atoms with Crippen LogP contribution in [0, 0.1) is 5.92 Å². The van der Waals surface area contributed by atoms with E-state index in [1.54, 1.807) is 24.3 Å². The molecule has 0 bridgehead atoms. The van der Waals surface area contributed by atoms with Gasteiger partial charge in [-0.2, -0.15) is 4.31 Å². The molecule has 24 heavy (non-hydrogen) atoms. The zero-order chi connectivity index (χ0) is 17.7. The molecule has 1 aromatic carbocycles. The van der Waals surface area contributed by atoms with Crippen molar-refractivity contribution in [2.24, 2.45) is 5.92 Å². The third kappa shape index (κ3) is 4.16. The van der Waals surface area contributed by atoms with Crippen molar-refractivity contribution in [2.45, 2.75) is 57.4 Å². The average Bonchev–Trinajstić information content (AvgIpc) is 3.10. The molecule has 0 saturated heterocycles. The maximum atomic E-state index is 12.5. The minimum Gasteiger partial charge on any atom is -0.349 e. The van der Waals surface area contributed by atoms with Crippen molar-refractivity contribution in [3.8, 4) is 0 Å². The predicted octanol–water partition coefficient (Wildman–Crippen LogP) is 3.08. The summed E-state index contributed by atoms with van der Waals surface area (Å²) in [6.45, 7) is 6.50. The van der Waals surface area contributed by atoms with Crippen LogP contribution < -0.4 is 5.32 Å². The maximum absolute atomic E-state index is 12.5. The van der Waals surface area contributed by atoms with E-state index in [1.165, 1.54) is 4.31 Å². The Kier molecular flexibility index (Phi) is 6.40. The van der Waals surface area contributed by atoms with Crippen LogP contribution in [0.15, 0.2) is 29.2 Å². The summed E-state index contributed by atoms with van der Waals surface area (Å²) in [5.74, 6) is 0.245. The summed E-state index contributed by atoms with van der Waals surface area (Å²) >= 11 is 0. The molecule has 0 aliphatic heterocycles. The molecule has 1 aliphatic carbocycles. The second kappa shape index (κ2) is 8.12. The van der Waals surface area contributed by atoms with Crippen molar-refractivity contribution < 1.29 is 13.2 Å².